The van der Waals surface area contributed by atoms with Crippen molar-refractivity contribution in [3.8, 4) is 0 Å². The van der Waals surface area contributed by atoms with Crippen molar-refractivity contribution in [3.05, 3.63) is 34.9 Å². The largest absolute Gasteiger partial charge is 0.395 e. The number of rotatable bonds is 5. The van der Waals surface area contributed by atoms with Crippen LogP contribution in [0.5, 0.6) is 0 Å². The monoisotopic (exact) mass is 326 g/mol. The minimum absolute atomic E-state index is 0.0416. The van der Waals surface area contributed by atoms with E-state index in [2.05, 4.69) is 5.32 Å². The molecule has 0 spiro atoms. The van der Waals surface area contributed by atoms with Crippen LogP contribution in [0, 0.1) is 0 Å². The second kappa shape index (κ2) is 7.81. The Balaban J connectivity index is 2.09. The van der Waals surface area contributed by atoms with Crippen molar-refractivity contribution in [1.29, 1.82) is 0 Å². The number of aliphatic hydroxyl groups excluding tert-OH is 1. The lowest BCUT2D eigenvalue weighted by atomic mass is 9.74. The number of halogens is 1. The van der Waals surface area contributed by atoms with Gasteiger partial charge in [-0.1, -0.05) is 23.7 Å². The Hall–Kier alpha value is -1.30. The maximum Gasteiger partial charge on any atom is 0.317 e. The van der Waals surface area contributed by atoms with Gasteiger partial charge in [-0.05, 0) is 30.5 Å². The second-order valence-corrected chi connectivity index (χ2v) is 6.14. The summed E-state index contributed by atoms with van der Waals surface area (Å²) in [5.41, 5.74) is 1.05. The Bertz CT molecular complexity index is 487. The van der Waals surface area contributed by atoms with Crippen LogP contribution in [0.25, 0.3) is 0 Å². The first-order valence-corrected chi connectivity index (χ1v) is 7.89. The predicted octanol–water partition coefficient (Wildman–Crippen LogP) is 2.02. The average Bonchev–Trinajstić information content (AvgIpc) is 2.54. The van der Waals surface area contributed by atoms with Crippen LogP contribution >= 0.6 is 11.6 Å². The first-order valence-electron chi connectivity index (χ1n) is 7.51. The fourth-order valence-electron chi connectivity index (χ4n) is 2.76. The fourth-order valence-corrected chi connectivity index (χ4v) is 2.89. The number of likely N-dealkylation sites (N-methyl/N-ethyl adjacent to an activating group) is 1. The van der Waals surface area contributed by atoms with Crippen LogP contribution in [0.1, 0.15) is 18.4 Å². The number of urea groups is 1. The SMILES string of the molecule is CN(CCO)C(=O)NCC1(c2ccc(Cl)cc2)CCOCC1. The molecule has 1 fully saturated rings. The van der Waals surface area contributed by atoms with Crippen molar-refractivity contribution in [2.24, 2.45) is 0 Å². The van der Waals surface area contributed by atoms with Crippen molar-refractivity contribution in [3.63, 3.8) is 0 Å². The summed E-state index contributed by atoms with van der Waals surface area (Å²) in [5.74, 6) is 0. The van der Waals surface area contributed by atoms with Crippen molar-refractivity contribution in [2.75, 3.05) is 40.0 Å². The van der Waals surface area contributed by atoms with E-state index in [0.29, 0.717) is 31.3 Å². The van der Waals surface area contributed by atoms with Crippen molar-refractivity contribution in [2.45, 2.75) is 18.3 Å². The quantitative estimate of drug-likeness (QED) is 0.870. The number of benzene rings is 1. The molecule has 22 heavy (non-hydrogen) atoms. The Morgan fingerprint density at radius 1 is 1.36 bits per heavy atom. The van der Waals surface area contributed by atoms with E-state index in [4.69, 9.17) is 21.4 Å². The van der Waals surface area contributed by atoms with Gasteiger partial charge in [0.15, 0.2) is 0 Å². The Morgan fingerprint density at radius 2 is 2.00 bits per heavy atom. The van der Waals surface area contributed by atoms with Gasteiger partial charge in [0.05, 0.1) is 6.61 Å². The van der Waals surface area contributed by atoms with Crippen molar-refractivity contribution >= 4 is 17.6 Å². The third kappa shape index (κ3) is 4.12. The zero-order valence-electron chi connectivity index (χ0n) is 12.8. The minimum atomic E-state index is -0.172. The summed E-state index contributed by atoms with van der Waals surface area (Å²) in [6.07, 6.45) is 1.72. The minimum Gasteiger partial charge on any atom is -0.395 e. The lowest BCUT2D eigenvalue weighted by Crippen LogP contribution is -2.48. The number of amides is 2. The van der Waals surface area contributed by atoms with E-state index in [1.807, 2.05) is 24.3 Å². The van der Waals surface area contributed by atoms with Gasteiger partial charge >= 0.3 is 6.03 Å². The second-order valence-electron chi connectivity index (χ2n) is 5.70. The average molecular weight is 327 g/mol. The number of aliphatic hydroxyl groups is 1. The molecule has 1 saturated heterocycles. The molecule has 0 radical (unpaired) electrons. The number of nitrogens with zero attached hydrogens (tertiary/aromatic N) is 1. The molecule has 0 unspecified atom stereocenters. The number of carbonyl (C=O) groups is 1. The topological polar surface area (TPSA) is 61.8 Å². The Labute approximate surface area is 136 Å². The van der Waals surface area contributed by atoms with Gasteiger partial charge in [-0.25, -0.2) is 4.79 Å². The van der Waals surface area contributed by atoms with Gasteiger partial charge < -0.3 is 20.1 Å². The summed E-state index contributed by atoms with van der Waals surface area (Å²) >= 11 is 5.98. The van der Waals surface area contributed by atoms with Gasteiger partial charge in [0.2, 0.25) is 0 Å². The molecule has 122 valence electrons. The molecule has 0 bridgehead atoms. The fraction of sp³-hybridized carbons (Fsp3) is 0.562. The lowest BCUT2D eigenvalue weighted by Gasteiger charge is -2.38. The van der Waals surface area contributed by atoms with E-state index in [1.54, 1.807) is 7.05 Å². The molecule has 1 aliphatic rings. The number of nitrogens with one attached hydrogen (secondary N) is 1. The lowest BCUT2D eigenvalue weighted by molar-refractivity contribution is 0.0502. The van der Waals surface area contributed by atoms with Crippen LogP contribution in [0.15, 0.2) is 24.3 Å². The van der Waals surface area contributed by atoms with Gasteiger partial charge in [0.1, 0.15) is 0 Å². The highest BCUT2D eigenvalue weighted by Gasteiger charge is 2.35. The van der Waals surface area contributed by atoms with E-state index in [0.717, 1.165) is 12.8 Å². The summed E-state index contributed by atoms with van der Waals surface area (Å²) in [5, 5.41) is 12.6. The molecule has 0 atom stereocenters. The van der Waals surface area contributed by atoms with Crippen LogP contribution in [-0.2, 0) is 10.2 Å². The molecule has 2 N–H and O–H groups in total. The van der Waals surface area contributed by atoms with Crippen LogP contribution in [0.3, 0.4) is 0 Å². The third-order valence-electron chi connectivity index (χ3n) is 4.27. The molecule has 1 heterocycles. The molecule has 1 aromatic rings. The Kier molecular flexibility index (Phi) is 6.06. The smallest absolute Gasteiger partial charge is 0.317 e. The molecule has 0 aromatic heterocycles. The van der Waals surface area contributed by atoms with Gasteiger partial charge in [0.25, 0.3) is 0 Å². The van der Waals surface area contributed by atoms with E-state index in [-0.39, 0.29) is 18.1 Å². The molecule has 0 aliphatic carbocycles. The van der Waals surface area contributed by atoms with Crippen LogP contribution < -0.4 is 5.32 Å². The predicted molar refractivity (Wildman–Crippen MR) is 86.3 cm³/mol. The first-order chi connectivity index (χ1) is 10.6. The van der Waals surface area contributed by atoms with Gasteiger partial charge in [-0.3, -0.25) is 0 Å². The highest BCUT2D eigenvalue weighted by atomic mass is 35.5. The van der Waals surface area contributed by atoms with E-state index >= 15 is 0 Å². The number of hydrogen-bond acceptors (Lipinski definition) is 3. The van der Waals surface area contributed by atoms with E-state index in [9.17, 15) is 4.79 Å². The number of ether oxygens (including phenoxy) is 1. The molecule has 2 rings (SSSR count). The van der Waals surface area contributed by atoms with Crippen LogP contribution in [0.4, 0.5) is 4.79 Å². The maximum atomic E-state index is 12.1. The summed E-state index contributed by atoms with van der Waals surface area (Å²) < 4.78 is 5.48. The highest BCUT2D eigenvalue weighted by Crippen LogP contribution is 2.34. The van der Waals surface area contributed by atoms with Gasteiger partial charge in [-0.15, -0.1) is 0 Å². The van der Waals surface area contributed by atoms with Crippen LogP contribution in [0.2, 0.25) is 5.02 Å². The molecule has 6 heteroatoms. The van der Waals surface area contributed by atoms with E-state index in [1.165, 1.54) is 10.5 Å². The first kappa shape index (κ1) is 17.1. The zero-order valence-corrected chi connectivity index (χ0v) is 13.6. The zero-order chi connectivity index (χ0) is 16.0. The van der Waals surface area contributed by atoms with Crippen LogP contribution in [-0.4, -0.2) is 56.0 Å². The molecule has 5 nitrogen and oxygen atoms in total. The summed E-state index contributed by atoms with van der Waals surface area (Å²) in [7, 11) is 1.67. The Morgan fingerprint density at radius 3 is 2.59 bits per heavy atom. The highest BCUT2D eigenvalue weighted by molar-refractivity contribution is 6.30. The number of carbonyl (C=O) groups excluding carboxylic acids is 1. The molecule has 0 saturated carbocycles. The summed E-state index contributed by atoms with van der Waals surface area (Å²) in [6.45, 7) is 2.20. The summed E-state index contributed by atoms with van der Waals surface area (Å²) in [6, 6.07) is 7.64. The summed E-state index contributed by atoms with van der Waals surface area (Å²) in [4.78, 5) is 13.5. The number of hydrogen-bond donors (Lipinski definition) is 2. The van der Waals surface area contributed by atoms with Gasteiger partial charge in [-0.2, -0.15) is 0 Å². The third-order valence-corrected chi connectivity index (χ3v) is 4.52. The van der Waals surface area contributed by atoms with Crippen molar-refractivity contribution in [1.82, 2.24) is 10.2 Å². The molecule has 2 amide bonds. The maximum absolute atomic E-state index is 12.1. The molecule has 1 aliphatic heterocycles. The van der Waals surface area contributed by atoms with Crippen molar-refractivity contribution < 1.29 is 14.6 Å². The normalized spacial score (nSPS) is 17.0. The van der Waals surface area contributed by atoms with Gasteiger partial charge in [0, 0.05) is 43.8 Å². The molecular formula is C16H23ClN2O3. The van der Waals surface area contributed by atoms with E-state index < -0.39 is 0 Å². The molecule has 1 aromatic carbocycles. The molecular weight excluding hydrogens is 304 g/mol. The standard InChI is InChI=1S/C16H23ClN2O3/c1-19(8-9-20)15(21)18-12-16(6-10-22-11-7-16)13-2-4-14(17)5-3-13/h2-5,20H,6-12H2,1H3,(H,18,21).